The SMILES string of the molecule is O=C1CCCC2(CCN(Cc3ccsc3)CC2)N1. The molecule has 0 radical (unpaired) electrons. The minimum atomic E-state index is 0.125. The maximum absolute atomic E-state index is 11.6. The van der Waals surface area contributed by atoms with Crippen molar-refractivity contribution in [3.8, 4) is 0 Å². The lowest BCUT2D eigenvalue weighted by Gasteiger charge is -2.44. The van der Waals surface area contributed by atoms with Crippen molar-refractivity contribution < 1.29 is 4.79 Å². The zero-order valence-electron chi connectivity index (χ0n) is 10.7. The van der Waals surface area contributed by atoms with E-state index in [-0.39, 0.29) is 11.4 Å². The highest BCUT2D eigenvalue weighted by Gasteiger charge is 2.37. The van der Waals surface area contributed by atoms with Gasteiger partial charge >= 0.3 is 0 Å². The minimum absolute atomic E-state index is 0.125. The fraction of sp³-hybridized carbons (Fsp3) is 0.643. The lowest BCUT2D eigenvalue weighted by molar-refractivity contribution is -0.126. The van der Waals surface area contributed by atoms with E-state index in [4.69, 9.17) is 0 Å². The first-order chi connectivity index (χ1) is 8.76. The number of hydrogen-bond acceptors (Lipinski definition) is 3. The van der Waals surface area contributed by atoms with Crippen LogP contribution in [0.15, 0.2) is 16.8 Å². The van der Waals surface area contributed by atoms with Crippen molar-refractivity contribution in [2.24, 2.45) is 0 Å². The molecule has 1 N–H and O–H groups in total. The standard InChI is InChI=1S/C14H20N2OS/c17-13-2-1-4-14(15-13)5-7-16(8-6-14)10-12-3-9-18-11-12/h3,9,11H,1-2,4-8,10H2,(H,15,17). The number of nitrogens with zero attached hydrogens (tertiary/aromatic N) is 1. The highest BCUT2D eigenvalue weighted by atomic mass is 32.1. The average molecular weight is 264 g/mol. The number of nitrogens with one attached hydrogen (secondary N) is 1. The van der Waals surface area contributed by atoms with Gasteiger partial charge in [-0.3, -0.25) is 9.69 Å². The number of carbonyl (C=O) groups is 1. The number of likely N-dealkylation sites (tertiary alicyclic amines) is 1. The van der Waals surface area contributed by atoms with E-state index in [1.165, 1.54) is 12.0 Å². The molecular formula is C14H20N2OS. The van der Waals surface area contributed by atoms with Crippen molar-refractivity contribution in [1.82, 2.24) is 10.2 Å². The molecule has 0 saturated carbocycles. The Morgan fingerprint density at radius 1 is 1.33 bits per heavy atom. The van der Waals surface area contributed by atoms with E-state index in [1.807, 2.05) is 0 Å². The molecule has 0 atom stereocenters. The molecule has 1 spiro atoms. The van der Waals surface area contributed by atoms with Crippen LogP contribution in [0.5, 0.6) is 0 Å². The summed E-state index contributed by atoms with van der Waals surface area (Å²) in [7, 11) is 0. The van der Waals surface area contributed by atoms with Gasteiger partial charge in [-0.15, -0.1) is 0 Å². The molecule has 1 aromatic rings. The molecule has 1 aromatic heterocycles. The number of hydrogen-bond donors (Lipinski definition) is 1. The largest absolute Gasteiger partial charge is 0.351 e. The van der Waals surface area contributed by atoms with Gasteiger partial charge in [0.15, 0.2) is 0 Å². The Bertz CT molecular complexity index is 407. The Morgan fingerprint density at radius 3 is 2.83 bits per heavy atom. The van der Waals surface area contributed by atoms with Crippen LogP contribution in [-0.4, -0.2) is 29.4 Å². The molecule has 0 unspecified atom stereocenters. The summed E-state index contributed by atoms with van der Waals surface area (Å²) in [5.74, 6) is 0.257. The zero-order chi connectivity index (χ0) is 12.4. The predicted molar refractivity (Wildman–Crippen MR) is 73.6 cm³/mol. The van der Waals surface area contributed by atoms with E-state index in [2.05, 4.69) is 27.0 Å². The Labute approximate surface area is 112 Å². The fourth-order valence-electron chi connectivity index (χ4n) is 3.16. The summed E-state index contributed by atoms with van der Waals surface area (Å²) in [4.78, 5) is 14.1. The lowest BCUT2D eigenvalue weighted by Crippen LogP contribution is -2.57. The third-order valence-electron chi connectivity index (χ3n) is 4.26. The van der Waals surface area contributed by atoms with Gasteiger partial charge in [0.05, 0.1) is 0 Å². The molecule has 0 aromatic carbocycles. The summed E-state index contributed by atoms with van der Waals surface area (Å²) < 4.78 is 0. The quantitative estimate of drug-likeness (QED) is 0.889. The molecule has 0 bridgehead atoms. The first-order valence-corrected chi connectivity index (χ1v) is 7.75. The molecule has 18 heavy (non-hydrogen) atoms. The van der Waals surface area contributed by atoms with Crippen molar-refractivity contribution >= 4 is 17.2 Å². The van der Waals surface area contributed by atoms with E-state index in [1.54, 1.807) is 11.3 Å². The summed E-state index contributed by atoms with van der Waals surface area (Å²) in [5.41, 5.74) is 1.55. The molecule has 2 aliphatic rings. The summed E-state index contributed by atoms with van der Waals surface area (Å²) in [6.45, 7) is 3.28. The average Bonchev–Trinajstić information content (AvgIpc) is 2.85. The van der Waals surface area contributed by atoms with Gasteiger partial charge in [0.25, 0.3) is 0 Å². The normalized spacial score (nSPS) is 24.1. The van der Waals surface area contributed by atoms with E-state index < -0.39 is 0 Å². The van der Waals surface area contributed by atoms with Gasteiger partial charge < -0.3 is 5.32 Å². The first kappa shape index (κ1) is 12.2. The summed E-state index contributed by atoms with van der Waals surface area (Å²) >= 11 is 1.77. The highest BCUT2D eigenvalue weighted by molar-refractivity contribution is 7.07. The molecule has 98 valence electrons. The monoisotopic (exact) mass is 264 g/mol. The van der Waals surface area contributed by atoms with Gasteiger partial charge in [-0.25, -0.2) is 0 Å². The van der Waals surface area contributed by atoms with E-state index in [9.17, 15) is 4.79 Å². The maximum Gasteiger partial charge on any atom is 0.220 e. The third-order valence-corrected chi connectivity index (χ3v) is 5.00. The van der Waals surface area contributed by atoms with E-state index in [0.717, 1.165) is 45.3 Å². The highest BCUT2D eigenvalue weighted by Crippen LogP contribution is 2.31. The topological polar surface area (TPSA) is 32.3 Å². The molecule has 3 heterocycles. The number of thiophene rings is 1. The van der Waals surface area contributed by atoms with Crippen molar-refractivity contribution in [1.29, 1.82) is 0 Å². The third kappa shape index (κ3) is 2.59. The molecule has 1 amide bonds. The maximum atomic E-state index is 11.6. The first-order valence-electron chi connectivity index (χ1n) is 6.80. The Balaban J connectivity index is 1.56. The Morgan fingerprint density at radius 2 is 2.17 bits per heavy atom. The number of rotatable bonds is 2. The van der Waals surface area contributed by atoms with Crippen LogP contribution >= 0.6 is 11.3 Å². The number of carbonyl (C=O) groups excluding carboxylic acids is 1. The molecule has 4 heteroatoms. The number of piperidine rings is 2. The molecule has 2 saturated heterocycles. The molecule has 3 rings (SSSR count). The fourth-order valence-corrected chi connectivity index (χ4v) is 3.82. The Hall–Kier alpha value is -0.870. The smallest absolute Gasteiger partial charge is 0.220 e. The Kier molecular flexibility index (Phi) is 3.39. The van der Waals surface area contributed by atoms with Crippen LogP contribution in [0.4, 0.5) is 0 Å². The van der Waals surface area contributed by atoms with Gasteiger partial charge in [-0.1, -0.05) is 0 Å². The van der Waals surface area contributed by atoms with Crippen LogP contribution < -0.4 is 5.32 Å². The van der Waals surface area contributed by atoms with Crippen molar-refractivity contribution in [3.05, 3.63) is 22.4 Å². The van der Waals surface area contributed by atoms with Crippen molar-refractivity contribution in [3.63, 3.8) is 0 Å². The van der Waals surface area contributed by atoms with Gasteiger partial charge in [0.2, 0.25) is 5.91 Å². The summed E-state index contributed by atoms with van der Waals surface area (Å²) in [6.07, 6.45) is 5.19. The predicted octanol–water partition coefficient (Wildman–Crippen LogP) is 2.38. The van der Waals surface area contributed by atoms with Crippen LogP contribution in [0.3, 0.4) is 0 Å². The van der Waals surface area contributed by atoms with Crippen LogP contribution in [0.2, 0.25) is 0 Å². The van der Waals surface area contributed by atoms with Crippen LogP contribution in [0, 0.1) is 0 Å². The van der Waals surface area contributed by atoms with Crippen molar-refractivity contribution in [2.45, 2.75) is 44.2 Å². The van der Waals surface area contributed by atoms with Gasteiger partial charge in [0.1, 0.15) is 0 Å². The van der Waals surface area contributed by atoms with Gasteiger partial charge in [-0.2, -0.15) is 11.3 Å². The van der Waals surface area contributed by atoms with Gasteiger partial charge in [0, 0.05) is 31.6 Å². The minimum Gasteiger partial charge on any atom is -0.351 e. The second-order valence-corrected chi connectivity index (χ2v) is 6.37. The molecular weight excluding hydrogens is 244 g/mol. The molecule has 2 aliphatic heterocycles. The second-order valence-electron chi connectivity index (χ2n) is 5.59. The zero-order valence-corrected chi connectivity index (χ0v) is 11.5. The summed E-state index contributed by atoms with van der Waals surface area (Å²) in [6, 6.07) is 2.21. The van der Waals surface area contributed by atoms with E-state index >= 15 is 0 Å². The summed E-state index contributed by atoms with van der Waals surface area (Å²) in [5, 5.41) is 7.62. The van der Waals surface area contributed by atoms with Crippen molar-refractivity contribution in [2.75, 3.05) is 13.1 Å². The molecule has 3 nitrogen and oxygen atoms in total. The molecule has 2 fully saturated rings. The second kappa shape index (κ2) is 5.02. The van der Waals surface area contributed by atoms with E-state index in [0.29, 0.717) is 0 Å². The van der Waals surface area contributed by atoms with Crippen LogP contribution in [-0.2, 0) is 11.3 Å². The van der Waals surface area contributed by atoms with Crippen LogP contribution in [0.1, 0.15) is 37.7 Å². The molecule has 0 aliphatic carbocycles. The lowest BCUT2D eigenvalue weighted by atomic mass is 9.80. The van der Waals surface area contributed by atoms with Gasteiger partial charge in [-0.05, 0) is 48.1 Å². The van der Waals surface area contributed by atoms with Crippen LogP contribution in [0.25, 0.3) is 0 Å². The number of amides is 1.